The molecule has 12 nitrogen and oxygen atoms in total. The third-order valence-electron chi connectivity index (χ3n) is 4.70. The summed E-state index contributed by atoms with van der Waals surface area (Å²) in [7, 11) is 0. The number of aromatic amines is 1. The second kappa shape index (κ2) is 7.77. The van der Waals surface area contributed by atoms with Crippen molar-refractivity contribution in [1.29, 1.82) is 0 Å². The van der Waals surface area contributed by atoms with E-state index < -0.39 is 66.5 Å². The molecule has 0 saturated carbocycles. The van der Waals surface area contributed by atoms with Crippen molar-refractivity contribution in [2.45, 2.75) is 62.2 Å². The Morgan fingerprint density at radius 1 is 1.04 bits per heavy atom. The molecule has 152 valence electrons. The van der Waals surface area contributed by atoms with Crippen LogP contribution >= 0.6 is 0 Å². The number of aliphatic hydroxyl groups is 5. The predicted molar refractivity (Wildman–Crippen MR) is 85.6 cm³/mol. The van der Waals surface area contributed by atoms with Crippen molar-refractivity contribution in [3.8, 4) is 0 Å². The number of nitrogens with one attached hydrogen (secondary N) is 1. The molecule has 1 aromatic heterocycles. The Bertz CT molecular complexity index is 765. The maximum Gasteiger partial charge on any atom is 0.330 e. The van der Waals surface area contributed by atoms with Gasteiger partial charge in [-0.15, -0.1) is 0 Å². The molecule has 12 heteroatoms. The van der Waals surface area contributed by atoms with Gasteiger partial charge in [0, 0.05) is 12.3 Å². The van der Waals surface area contributed by atoms with Crippen LogP contribution in [0, 0.1) is 0 Å². The number of aromatic nitrogens is 2. The molecular weight excluding hydrogens is 369 g/mol. The number of hydrogen-bond acceptors (Lipinski definition) is 10. The van der Waals surface area contributed by atoms with E-state index >= 15 is 0 Å². The highest BCUT2D eigenvalue weighted by atomic mass is 16.7. The molecule has 0 aromatic carbocycles. The third kappa shape index (κ3) is 3.83. The lowest BCUT2D eigenvalue weighted by atomic mass is 10.00. The molecule has 2 aliphatic rings. The van der Waals surface area contributed by atoms with E-state index in [2.05, 4.69) is 0 Å². The molecule has 2 fully saturated rings. The van der Waals surface area contributed by atoms with E-state index in [0.717, 1.165) is 16.8 Å². The number of ether oxygens (including phenoxy) is 3. The quantitative estimate of drug-likeness (QED) is 0.277. The monoisotopic (exact) mass is 391 g/mol. The number of rotatable bonds is 4. The van der Waals surface area contributed by atoms with E-state index in [9.17, 15) is 35.1 Å². The van der Waals surface area contributed by atoms with Crippen LogP contribution in [-0.2, 0) is 14.2 Å². The summed E-state index contributed by atoms with van der Waals surface area (Å²) >= 11 is 0. The van der Waals surface area contributed by atoms with Crippen LogP contribution in [0.5, 0.6) is 0 Å². The van der Waals surface area contributed by atoms with Gasteiger partial charge in [-0.2, -0.15) is 0 Å². The first-order valence-corrected chi connectivity index (χ1v) is 8.35. The molecule has 0 aliphatic carbocycles. The molecule has 2 aliphatic heterocycles. The van der Waals surface area contributed by atoms with Crippen molar-refractivity contribution in [1.82, 2.24) is 9.55 Å². The zero-order valence-electron chi connectivity index (χ0n) is 14.3. The molecule has 0 spiro atoms. The smallest absolute Gasteiger partial charge is 0.330 e. The van der Waals surface area contributed by atoms with Gasteiger partial charge in [-0.3, -0.25) is 14.3 Å². The van der Waals surface area contributed by atoms with Gasteiger partial charge in [-0.1, -0.05) is 0 Å². The van der Waals surface area contributed by atoms with Gasteiger partial charge in [-0.05, 0) is 6.92 Å². The summed E-state index contributed by atoms with van der Waals surface area (Å²) in [6.45, 7) is 1.14. The summed E-state index contributed by atoms with van der Waals surface area (Å²) < 4.78 is 17.0. The van der Waals surface area contributed by atoms with E-state index in [-0.39, 0.29) is 6.61 Å². The number of hydrogen-bond donors (Lipinski definition) is 6. The Hall–Kier alpha value is -1.64. The summed E-state index contributed by atoms with van der Waals surface area (Å²) in [4.78, 5) is 25.0. The Morgan fingerprint density at radius 3 is 2.41 bits per heavy atom. The zero-order valence-corrected chi connectivity index (χ0v) is 14.3. The second-order valence-electron chi connectivity index (χ2n) is 6.58. The summed E-state index contributed by atoms with van der Waals surface area (Å²) in [5, 5.41) is 49.6. The third-order valence-corrected chi connectivity index (χ3v) is 4.70. The molecule has 0 amide bonds. The lowest BCUT2D eigenvalue weighted by molar-refractivity contribution is -0.298. The van der Waals surface area contributed by atoms with Crippen LogP contribution in [0.2, 0.25) is 0 Å². The molecule has 3 heterocycles. The Morgan fingerprint density at radius 2 is 1.74 bits per heavy atom. The maximum atomic E-state index is 11.8. The molecule has 3 rings (SSSR count). The molecule has 0 bridgehead atoms. The first-order chi connectivity index (χ1) is 12.7. The van der Waals surface area contributed by atoms with Gasteiger partial charge in [0.05, 0.1) is 12.7 Å². The van der Waals surface area contributed by atoms with Gasteiger partial charge in [0.15, 0.2) is 12.5 Å². The molecule has 1 aromatic rings. The predicted octanol–water partition coefficient (Wildman–Crippen LogP) is -4.00. The molecule has 6 N–H and O–H groups in total. The standard InChI is InChI=1S/C15H22N2O10/c1-5-8(19)10(21)12(23)14(26-5)25-4-6-9(20)11(22)13(27-6)17-3-2-7(18)16-15(17)24/h2-3,5-6,8-14,19-23H,4H2,1H3,(H,16,18,24)/t5-,6+,8-,9+,10+,11+,12+,13+,14+/m0/s1/i13+1. The first kappa shape index (κ1) is 20.1. The van der Waals surface area contributed by atoms with Crippen molar-refractivity contribution in [2.24, 2.45) is 0 Å². The van der Waals surface area contributed by atoms with Gasteiger partial charge < -0.3 is 39.7 Å². The number of nitrogens with zero attached hydrogens (tertiary/aromatic N) is 1. The molecule has 0 unspecified atom stereocenters. The minimum atomic E-state index is -1.53. The van der Waals surface area contributed by atoms with Crippen LogP contribution in [-0.4, -0.2) is 90.7 Å². The summed E-state index contributed by atoms with van der Waals surface area (Å²) in [6, 6.07) is 1.06. The Kier molecular flexibility index (Phi) is 5.79. The van der Waals surface area contributed by atoms with Crippen molar-refractivity contribution >= 4 is 0 Å². The van der Waals surface area contributed by atoms with Gasteiger partial charge in [0.25, 0.3) is 5.56 Å². The van der Waals surface area contributed by atoms with Crippen molar-refractivity contribution < 1.29 is 39.7 Å². The molecule has 0 radical (unpaired) electrons. The van der Waals surface area contributed by atoms with Gasteiger partial charge in [0.1, 0.15) is 36.6 Å². The van der Waals surface area contributed by atoms with E-state index in [1.165, 1.54) is 6.92 Å². The lowest BCUT2D eigenvalue weighted by Crippen LogP contribution is -2.57. The van der Waals surface area contributed by atoms with Gasteiger partial charge in [-0.25, -0.2) is 4.79 Å². The average Bonchev–Trinajstić information content (AvgIpc) is 2.90. The minimum Gasteiger partial charge on any atom is -0.388 e. The van der Waals surface area contributed by atoms with Gasteiger partial charge >= 0.3 is 5.69 Å². The fourth-order valence-electron chi connectivity index (χ4n) is 3.07. The zero-order chi connectivity index (χ0) is 19.9. The number of aliphatic hydroxyl groups excluding tert-OH is 5. The van der Waals surface area contributed by atoms with E-state index in [1.807, 2.05) is 4.98 Å². The second-order valence-corrected chi connectivity index (χ2v) is 6.58. The van der Waals surface area contributed by atoms with Crippen LogP contribution in [0.15, 0.2) is 21.9 Å². The van der Waals surface area contributed by atoms with Crippen LogP contribution in [0.1, 0.15) is 13.2 Å². The van der Waals surface area contributed by atoms with E-state index in [4.69, 9.17) is 14.2 Å². The highest BCUT2D eigenvalue weighted by Gasteiger charge is 2.46. The van der Waals surface area contributed by atoms with Crippen molar-refractivity contribution in [3.05, 3.63) is 33.1 Å². The lowest BCUT2D eigenvalue weighted by Gasteiger charge is -2.39. The topological polar surface area (TPSA) is 184 Å². The fraction of sp³-hybridized carbons (Fsp3) is 0.733. The van der Waals surface area contributed by atoms with Crippen LogP contribution < -0.4 is 11.2 Å². The van der Waals surface area contributed by atoms with E-state index in [1.54, 1.807) is 0 Å². The van der Waals surface area contributed by atoms with Gasteiger partial charge in [0.2, 0.25) is 0 Å². The van der Waals surface area contributed by atoms with Crippen LogP contribution in [0.25, 0.3) is 0 Å². The Balaban J connectivity index is 1.66. The number of H-pyrrole nitrogens is 1. The fourth-order valence-corrected chi connectivity index (χ4v) is 3.07. The molecule has 2 saturated heterocycles. The highest BCUT2D eigenvalue weighted by Crippen LogP contribution is 2.29. The SMILES string of the molecule is C[C@@H]1O[C@@H](OC[C@H]2O[13C@@H](n3ccc(=O)[nH]c3=O)[C@H](O)[C@@H]2O)[C@H](O)[C@H](O)[C@H]1O. The van der Waals surface area contributed by atoms with E-state index in [0.29, 0.717) is 0 Å². The Labute approximate surface area is 152 Å². The largest absolute Gasteiger partial charge is 0.388 e. The summed E-state index contributed by atoms with van der Waals surface area (Å²) in [5.41, 5.74) is -1.44. The van der Waals surface area contributed by atoms with Crippen LogP contribution in [0.3, 0.4) is 0 Å². The van der Waals surface area contributed by atoms with Crippen molar-refractivity contribution in [3.63, 3.8) is 0 Å². The maximum absolute atomic E-state index is 11.8. The first-order valence-electron chi connectivity index (χ1n) is 8.35. The highest BCUT2D eigenvalue weighted by molar-refractivity contribution is 4.94. The summed E-state index contributed by atoms with van der Waals surface area (Å²) in [5.74, 6) is 0. The van der Waals surface area contributed by atoms with Crippen LogP contribution in [0.4, 0.5) is 0 Å². The molecule has 27 heavy (non-hydrogen) atoms. The summed E-state index contributed by atoms with van der Waals surface area (Å²) in [6.07, 6.45) is -10.5. The molecule has 9 atom stereocenters. The minimum absolute atomic E-state index is 0.343. The normalized spacial score (nSPS) is 42.4. The average molecular weight is 391 g/mol. The molecular formula is C15H22N2O10. The van der Waals surface area contributed by atoms with Crippen molar-refractivity contribution in [2.75, 3.05) is 6.61 Å².